The van der Waals surface area contributed by atoms with E-state index in [0.717, 1.165) is 44.9 Å². The van der Waals surface area contributed by atoms with Gasteiger partial charge in [0.05, 0.1) is 39.9 Å². The summed E-state index contributed by atoms with van der Waals surface area (Å²) in [6, 6.07) is -0.849. The molecular formula is C65H128N2O6P+. The van der Waals surface area contributed by atoms with Gasteiger partial charge in [0, 0.05) is 6.42 Å². The summed E-state index contributed by atoms with van der Waals surface area (Å²) in [6.45, 7) is 4.85. The maximum atomic E-state index is 13.0. The Hall–Kier alpha value is -1.28. The van der Waals surface area contributed by atoms with E-state index in [1.54, 1.807) is 6.08 Å². The predicted molar refractivity (Wildman–Crippen MR) is 323 cm³/mol. The molecule has 0 saturated heterocycles. The number of unbranched alkanes of at least 4 members (excludes halogenated alkanes) is 43. The number of carbonyl (C=O) groups is 1. The first-order chi connectivity index (χ1) is 36.0. The molecule has 74 heavy (non-hydrogen) atoms. The highest BCUT2D eigenvalue weighted by atomic mass is 31.2. The molecule has 0 fully saturated rings. The SMILES string of the molecule is CCCCCCC/C=C\C/C=C\CCCCCCCCCCCCCC(=O)NC(COP(=O)(O)OCC[N+](C)(C)C)C(O)/C=C/CCCCCCCCCCCCCCCCCCCCCCCCCCCCC. The van der Waals surface area contributed by atoms with Crippen LogP contribution in [0.3, 0.4) is 0 Å². The molecule has 0 radical (unpaired) electrons. The van der Waals surface area contributed by atoms with Gasteiger partial charge in [-0.2, -0.15) is 0 Å². The number of allylic oxidation sites excluding steroid dienone is 5. The number of carbonyl (C=O) groups excluding carboxylic acids is 1. The summed E-state index contributed by atoms with van der Waals surface area (Å²) in [7, 11) is 1.58. The van der Waals surface area contributed by atoms with Crippen molar-refractivity contribution in [1.29, 1.82) is 0 Å². The zero-order chi connectivity index (χ0) is 54.2. The van der Waals surface area contributed by atoms with Crippen LogP contribution in [0.5, 0.6) is 0 Å². The Balaban J connectivity index is 4.11. The van der Waals surface area contributed by atoms with Gasteiger partial charge < -0.3 is 19.8 Å². The summed E-state index contributed by atoms with van der Waals surface area (Å²) in [5, 5.41) is 14.0. The van der Waals surface area contributed by atoms with Gasteiger partial charge in [0.25, 0.3) is 0 Å². The molecular weight excluding hydrogens is 936 g/mol. The van der Waals surface area contributed by atoms with Crippen LogP contribution in [0.25, 0.3) is 0 Å². The van der Waals surface area contributed by atoms with Crippen LogP contribution >= 0.6 is 7.82 Å². The number of hydrogen-bond donors (Lipinski definition) is 3. The van der Waals surface area contributed by atoms with Crippen LogP contribution in [0, 0.1) is 0 Å². The lowest BCUT2D eigenvalue weighted by Gasteiger charge is -2.25. The van der Waals surface area contributed by atoms with Crippen molar-refractivity contribution in [2.24, 2.45) is 0 Å². The summed E-state index contributed by atoms with van der Waals surface area (Å²) in [5.74, 6) is -0.175. The highest BCUT2D eigenvalue weighted by Gasteiger charge is 2.28. The molecule has 0 aromatic carbocycles. The number of quaternary nitrogens is 1. The van der Waals surface area contributed by atoms with Crippen molar-refractivity contribution in [3.63, 3.8) is 0 Å². The summed E-state index contributed by atoms with van der Waals surface area (Å²) in [6.07, 6.45) is 74.1. The Kier molecular flexibility index (Phi) is 55.5. The average Bonchev–Trinajstić information content (AvgIpc) is 3.36. The second-order valence-corrected chi connectivity index (χ2v) is 24.9. The number of aliphatic hydroxyl groups is 1. The van der Waals surface area contributed by atoms with Crippen molar-refractivity contribution in [3.05, 3.63) is 36.5 Å². The van der Waals surface area contributed by atoms with Gasteiger partial charge >= 0.3 is 7.82 Å². The fraction of sp³-hybridized carbons (Fsp3) is 0.892. The minimum Gasteiger partial charge on any atom is -0.387 e. The van der Waals surface area contributed by atoms with Crippen molar-refractivity contribution in [2.45, 2.75) is 334 Å². The van der Waals surface area contributed by atoms with Crippen LogP contribution in [0.15, 0.2) is 36.5 Å². The lowest BCUT2D eigenvalue weighted by molar-refractivity contribution is -0.870. The second-order valence-electron chi connectivity index (χ2n) is 23.5. The van der Waals surface area contributed by atoms with E-state index in [1.165, 1.54) is 257 Å². The van der Waals surface area contributed by atoms with Crippen LogP contribution in [0.2, 0.25) is 0 Å². The highest BCUT2D eigenvalue weighted by Crippen LogP contribution is 2.43. The van der Waals surface area contributed by atoms with Gasteiger partial charge in [-0.15, -0.1) is 0 Å². The number of rotatable bonds is 60. The zero-order valence-corrected chi connectivity index (χ0v) is 51.0. The standard InChI is InChI=1S/C65H127N2O6P/c1-6-8-10-12-14-16-18-20-22-24-26-28-30-31-32-33-34-35-37-38-40-42-44-46-48-50-52-54-56-58-64(68)63(62-73-74(70,71)72-61-60-67(3,4)5)66-65(69)59-57-55-53-51-49-47-45-43-41-39-36-29-27-25-23-21-19-17-15-13-11-9-7-2/h19,21,25,27,56,58,63-64,68H,6-18,20,22-24,26,28-55,57,59-62H2,1-5H3,(H-,66,69,70,71)/p+1/b21-19-,27-25-,58-56+. The molecule has 0 spiro atoms. The molecule has 438 valence electrons. The molecule has 1 amide bonds. The predicted octanol–water partition coefficient (Wildman–Crippen LogP) is 20.1. The number of amides is 1. The lowest BCUT2D eigenvalue weighted by Crippen LogP contribution is -2.45. The van der Waals surface area contributed by atoms with Gasteiger partial charge in [-0.1, -0.05) is 301 Å². The van der Waals surface area contributed by atoms with E-state index >= 15 is 0 Å². The monoisotopic (exact) mass is 1060 g/mol. The summed E-state index contributed by atoms with van der Waals surface area (Å²) in [4.78, 5) is 23.4. The quantitative estimate of drug-likeness (QED) is 0.0243. The van der Waals surface area contributed by atoms with Gasteiger partial charge in [-0.3, -0.25) is 13.8 Å². The third-order valence-electron chi connectivity index (χ3n) is 14.9. The summed E-state index contributed by atoms with van der Waals surface area (Å²) >= 11 is 0. The first-order valence-electron chi connectivity index (χ1n) is 32.4. The molecule has 0 heterocycles. The molecule has 0 aliphatic rings. The molecule has 0 bridgehead atoms. The Morgan fingerprint density at radius 3 is 1.11 bits per heavy atom. The number of phosphoric acid groups is 1. The molecule has 0 aliphatic heterocycles. The third kappa shape index (κ3) is 58.4. The number of aliphatic hydroxyl groups excluding tert-OH is 1. The lowest BCUT2D eigenvalue weighted by atomic mass is 10.0. The topological polar surface area (TPSA) is 105 Å². The van der Waals surface area contributed by atoms with Crippen molar-refractivity contribution < 1.29 is 32.9 Å². The minimum absolute atomic E-state index is 0.0619. The van der Waals surface area contributed by atoms with Crippen LogP contribution < -0.4 is 5.32 Å². The maximum Gasteiger partial charge on any atom is 0.472 e. The Bertz CT molecular complexity index is 1300. The highest BCUT2D eigenvalue weighted by molar-refractivity contribution is 7.47. The number of phosphoric ester groups is 1. The Labute approximate surface area is 461 Å². The van der Waals surface area contributed by atoms with E-state index in [9.17, 15) is 19.4 Å². The van der Waals surface area contributed by atoms with Crippen LogP contribution in [-0.4, -0.2) is 73.4 Å². The molecule has 3 N–H and O–H groups in total. The van der Waals surface area contributed by atoms with E-state index in [2.05, 4.69) is 43.5 Å². The molecule has 0 aromatic heterocycles. The van der Waals surface area contributed by atoms with Gasteiger partial charge in [-0.25, -0.2) is 4.57 Å². The van der Waals surface area contributed by atoms with E-state index in [0.29, 0.717) is 17.4 Å². The normalized spacial score (nSPS) is 14.0. The van der Waals surface area contributed by atoms with Crippen molar-refractivity contribution in [1.82, 2.24) is 5.32 Å². The van der Waals surface area contributed by atoms with E-state index in [-0.39, 0.29) is 19.1 Å². The number of nitrogens with one attached hydrogen (secondary N) is 1. The summed E-state index contributed by atoms with van der Waals surface area (Å²) < 4.78 is 23.8. The van der Waals surface area contributed by atoms with Crippen molar-refractivity contribution in [2.75, 3.05) is 40.9 Å². The minimum atomic E-state index is -4.35. The molecule has 0 saturated carbocycles. The smallest absolute Gasteiger partial charge is 0.387 e. The summed E-state index contributed by atoms with van der Waals surface area (Å²) in [5.41, 5.74) is 0. The number of hydrogen-bond acceptors (Lipinski definition) is 5. The average molecular weight is 1060 g/mol. The fourth-order valence-corrected chi connectivity index (χ4v) is 10.5. The van der Waals surface area contributed by atoms with Gasteiger partial charge in [-0.05, 0) is 51.4 Å². The second kappa shape index (κ2) is 56.4. The number of likely N-dealkylation sites (N-methyl/N-ethyl adjacent to an activating group) is 1. The Morgan fingerprint density at radius 2 is 0.770 bits per heavy atom. The van der Waals surface area contributed by atoms with Crippen LogP contribution in [-0.2, 0) is 18.4 Å². The van der Waals surface area contributed by atoms with Gasteiger partial charge in [0.15, 0.2) is 0 Å². The molecule has 0 aromatic rings. The maximum absolute atomic E-state index is 13.0. The molecule has 9 heteroatoms. The first kappa shape index (κ1) is 72.7. The molecule has 3 unspecified atom stereocenters. The van der Waals surface area contributed by atoms with E-state index in [1.807, 2.05) is 27.2 Å². The molecule has 8 nitrogen and oxygen atoms in total. The van der Waals surface area contributed by atoms with E-state index in [4.69, 9.17) is 9.05 Å². The van der Waals surface area contributed by atoms with Crippen molar-refractivity contribution >= 4 is 13.7 Å². The molecule has 0 aliphatic carbocycles. The van der Waals surface area contributed by atoms with E-state index < -0.39 is 20.0 Å². The van der Waals surface area contributed by atoms with Gasteiger partial charge in [0.2, 0.25) is 5.91 Å². The van der Waals surface area contributed by atoms with Gasteiger partial charge in [0.1, 0.15) is 13.2 Å². The first-order valence-corrected chi connectivity index (χ1v) is 33.9. The fourth-order valence-electron chi connectivity index (χ4n) is 9.78. The third-order valence-corrected chi connectivity index (χ3v) is 15.8. The van der Waals surface area contributed by atoms with Crippen molar-refractivity contribution in [3.8, 4) is 0 Å². The number of nitrogens with zero attached hydrogens (tertiary/aromatic N) is 1. The van der Waals surface area contributed by atoms with Crippen LogP contribution in [0.4, 0.5) is 0 Å². The zero-order valence-electron chi connectivity index (χ0n) is 50.1. The Morgan fingerprint density at radius 1 is 0.459 bits per heavy atom. The molecule has 0 rings (SSSR count). The van der Waals surface area contributed by atoms with Crippen LogP contribution in [0.1, 0.15) is 322 Å². The largest absolute Gasteiger partial charge is 0.472 e. The molecule has 3 atom stereocenters.